The van der Waals surface area contributed by atoms with Gasteiger partial charge in [0, 0.05) is 19.7 Å². The zero-order chi connectivity index (χ0) is 11.3. The Labute approximate surface area is 92.0 Å². The number of hydrogen-bond acceptors (Lipinski definition) is 4. The van der Waals surface area contributed by atoms with E-state index in [-0.39, 0.29) is 6.10 Å². The lowest BCUT2D eigenvalue weighted by molar-refractivity contribution is -0.0311. The molecule has 1 fully saturated rings. The normalized spacial score (nSPS) is 28.8. The average molecular weight is 217 g/mol. The molecule has 4 heteroatoms. The van der Waals surface area contributed by atoms with Crippen molar-refractivity contribution in [3.63, 3.8) is 0 Å². The van der Waals surface area contributed by atoms with Gasteiger partial charge in [0.05, 0.1) is 25.4 Å². The molecule has 0 aromatic heterocycles. The first-order chi connectivity index (χ1) is 7.13. The third-order valence-electron chi connectivity index (χ3n) is 2.70. The molecule has 0 aromatic carbocycles. The summed E-state index contributed by atoms with van der Waals surface area (Å²) in [7, 11) is 1.65. The number of aliphatic hydroxyl groups is 1. The molecule has 0 amide bonds. The molecule has 0 bridgehead atoms. The van der Waals surface area contributed by atoms with Gasteiger partial charge in [0.15, 0.2) is 0 Å². The van der Waals surface area contributed by atoms with Crippen LogP contribution in [0.3, 0.4) is 0 Å². The van der Waals surface area contributed by atoms with Crippen molar-refractivity contribution in [1.29, 1.82) is 0 Å². The lowest BCUT2D eigenvalue weighted by Crippen LogP contribution is -2.33. The molecule has 15 heavy (non-hydrogen) atoms. The van der Waals surface area contributed by atoms with Gasteiger partial charge in [-0.25, -0.2) is 0 Å². The van der Waals surface area contributed by atoms with Gasteiger partial charge in [-0.2, -0.15) is 0 Å². The first-order valence-corrected chi connectivity index (χ1v) is 5.65. The van der Waals surface area contributed by atoms with E-state index in [0.717, 1.165) is 5.92 Å². The second-order valence-electron chi connectivity index (χ2n) is 4.48. The summed E-state index contributed by atoms with van der Waals surface area (Å²) >= 11 is 0. The summed E-state index contributed by atoms with van der Waals surface area (Å²) in [5.74, 6) is 0.769. The van der Waals surface area contributed by atoms with Crippen LogP contribution in [0.15, 0.2) is 0 Å². The van der Waals surface area contributed by atoms with E-state index >= 15 is 0 Å². The Morgan fingerprint density at radius 3 is 2.67 bits per heavy atom. The summed E-state index contributed by atoms with van der Waals surface area (Å²) in [5.41, 5.74) is 0. The van der Waals surface area contributed by atoms with Crippen molar-refractivity contribution < 1.29 is 14.6 Å². The highest BCUT2D eigenvalue weighted by Crippen LogP contribution is 2.28. The molecular formula is C11H23NO3. The van der Waals surface area contributed by atoms with Gasteiger partial charge in [-0.05, 0) is 19.3 Å². The van der Waals surface area contributed by atoms with Crippen LogP contribution in [0, 0.1) is 5.92 Å². The molecule has 0 spiro atoms. The quantitative estimate of drug-likeness (QED) is 0.618. The fourth-order valence-electron chi connectivity index (χ4n) is 1.51. The van der Waals surface area contributed by atoms with Crippen molar-refractivity contribution in [3.8, 4) is 0 Å². The molecule has 0 radical (unpaired) electrons. The van der Waals surface area contributed by atoms with E-state index in [4.69, 9.17) is 9.47 Å². The van der Waals surface area contributed by atoms with Gasteiger partial charge >= 0.3 is 0 Å². The van der Waals surface area contributed by atoms with E-state index in [2.05, 4.69) is 12.2 Å². The highest BCUT2D eigenvalue weighted by atomic mass is 16.5. The minimum atomic E-state index is -0.419. The van der Waals surface area contributed by atoms with Crippen molar-refractivity contribution in [1.82, 2.24) is 5.32 Å². The highest BCUT2D eigenvalue weighted by Gasteiger charge is 2.32. The maximum Gasteiger partial charge on any atom is 0.0897 e. The molecule has 1 aliphatic rings. The van der Waals surface area contributed by atoms with E-state index in [1.54, 1.807) is 7.11 Å². The molecule has 1 saturated carbocycles. The first-order valence-electron chi connectivity index (χ1n) is 5.65. The fraction of sp³-hybridized carbons (Fsp3) is 1.00. The van der Waals surface area contributed by atoms with Crippen LogP contribution in [0.4, 0.5) is 0 Å². The molecule has 1 rings (SSSR count). The maximum absolute atomic E-state index is 9.60. The predicted octanol–water partition coefficient (Wildman–Crippen LogP) is 0.397. The first kappa shape index (κ1) is 12.9. The average Bonchev–Trinajstić information content (AvgIpc) is 2.89. The summed E-state index contributed by atoms with van der Waals surface area (Å²) in [6.07, 6.45) is 0.856. The van der Waals surface area contributed by atoms with Gasteiger partial charge in [0.25, 0.3) is 0 Å². The topological polar surface area (TPSA) is 50.7 Å². The number of hydrogen-bond donors (Lipinski definition) is 2. The summed E-state index contributed by atoms with van der Waals surface area (Å²) < 4.78 is 10.3. The van der Waals surface area contributed by atoms with Crippen molar-refractivity contribution in [2.24, 2.45) is 5.92 Å². The number of methoxy groups -OCH3 is 1. The van der Waals surface area contributed by atoms with Crippen LogP contribution in [0.25, 0.3) is 0 Å². The van der Waals surface area contributed by atoms with Crippen LogP contribution in [0.1, 0.15) is 20.3 Å². The Balaban J connectivity index is 1.95. The van der Waals surface area contributed by atoms with Gasteiger partial charge < -0.3 is 19.9 Å². The molecule has 90 valence electrons. The van der Waals surface area contributed by atoms with Gasteiger partial charge in [-0.3, -0.25) is 0 Å². The van der Waals surface area contributed by atoms with E-state index in [0.29, 0.717) is 25.8 Å². The van der Waals surface area contributed by atoms with E-state index < -0.39 is 6.10 Å². The number of aliphatic hydroxyl groups excluding tert-OH is 1. The fourth-order valence-corrected chi connectivity index (χ4v) is 1.51. The lowest BCUT2D eigenvalue weighted by Gasteiger charge is -2.16. The Hall–Kier alpha value is -0.160. The van der Waals surface area contributed by atoms with Crippen molar-refractivity contribution >= 4 is 0 Å². The minimum absolute atomic E-state index is 0.0458. The monoisotopic (exact) mass is 217 g/mol. The molecule has 4 atom stereocenters. The second kappa shape index (κ2) is 6.43. The van der Waals surface area contributed by atoms with Crippen LogP contribution in [0.5, 0.6) is 0 Å². The summed E-state index contributed by atoms with van der Waals surface area (Å²) in [5, 5.41) is 12.9. The number of rotatable bonds is 8. The summed E-state index contributed by atoms with van der Waals surface area (Å²) in [4.78, 5) is 0. The maximum atomic E-state index is 9.60. The zero-order valence-electron chi connectivity index (χ0n) is 9.90. The Kier molecular flexibility index (Phi) is 5.53. The van der Waals surface area contributed by atoms with Crippen LogP contribution in [-0.2, 0) is 9.47 Å². The third kappa shape index (κ3) is 5.47. The van der Waals surface area contributed by atoms with Crippen LogP contribution in [0.2, 0.25) is 0 Å². The van der Waals surface area contributed by atoms with Crippen LogP contribution >= 0.6 is 0 Å². The van der Waals surface area contributed by atoms with Gasteiger partial charge in [0.1, 0.15) is 0 Å². The van der Waals surface area contributed by atoms with Crippen molar-refractivity contribution in [3.05, 3.63) is 0 Å². The van der Waals surface area contributed by atoms with Gasteiger partial charge in [-0.1, -0.05) is 6.92 Å². The largest absolute Gasteiger partial charge is 0.389 e. The Morgan fingerprint density at radius 1 is 1.47 bits per heavy atom. The van der Waals surface area contributed by atoms with E-state index in [1.165, 1.54) is 6.42 Å². The standard InChI is InChI=1S/C11H23NO3/c1-8-4-11(8)12-5-10(13)7-15-9(2)6-14-3/h8-13H,4-7H2,1-3H3. The second-order valence-corrected chi connectivity index (χ2v) is 4.48. The SMILES string of the molecule is COCC(C)OCC(O)CNC1CC1C. The smallest absolute Gasteiger partial charge is 0.0897 e. The predicted molar refractivity (Wildman–Crippen MR) is 58.9 cm³/mol. The van der Waals surface area contributed by atoms with Crippen LogP contribution in [-0.4, -0.2) is 50.2 Å². The minimum Gasteiger partial charge on any atom is -0.389 e. The van der Waals surface area contributed by atoms with Crippen LogP contribution < -0.4 is 5.32 Å². The van der Waals surface area contributed by atoms with Gasteiger partial charge in [0.2, 0.25) is 0 Å². The molecule has 0 aliphatic heterocycles. The summed E-state index contributed by atoms with van der Waals surface area (Å²) in [6, 6.07) is 0.607. The number of nitrogens with one attached hydrogen (secondary N) is 1. The third-order valence-corrected chi connectivity index (χ3v) is 2.70. The number of ether oxygens (including phenoxy) is 2. The molecule has 0 saturated heterocycles. The molecular weight excluding hydrogens is 194 g/mol. The molecule has 4 nitrogen and oxygen atoms in total. The van der Waals surface area contributed by atoms with Gasteiger partial charge in [-0.15, -0.1) is 0 Å². The Bertz CT molecular complexity index is 177. The Morgan fingerprint density at radius 2 is 2.13 bits per heavy atom. The van der Waals surface area contributed by atoms with E-state index in [1.807, 2.05) is 6.92 Å². The zero-order valence-corrected chi connectivity index (χ0v) is 9.90. The molecule has 4 unspecified atom stereocenters. The highest BCUT2D eigenvalue weighted by molar-refractivity contribution is 4.89. The molecule has 2 N–H and O–H groups in total. The molecule has 0 heterocycles. The summed E-state index contributed by atoms with van der Waals surface area (Å²) in [6.45, 7) is 5.71. The lowest BCUT2D eigenvalue weighted by atomic mass is 10.3. The molecule has 0 aromatic rings. The van der Waals surface area contributed by atoms with Crippen molar-refractivity contribution in [2.45, 2.75) is 38.5 Å². The van der Waals surface area contributed by atoms with Crippen molar-refractivity contribution in [2.75, 3.05) is 26.9 Å². The molecule has 1 aliphatic carbocycles. The van der Waals surface area contributed by atoms with E-state index in [9.17, 15) is 5.11 Å².